The van der Waals surface area contributed by atoms with Gasteiger partial charge in [-0.05, 0) is 54.2 Å². The average molecular weight is 436 g/mol. The zero-order valence-electron chi connectivity index (χ0n) is 18.9. The number of carbonyl (C=O) groups excluding carboxylic acids is 1. The Balaban J connectivity index is 1.56. The second kappa shape index (κ2) is 8.51. The summed E-state index contributed by atoms with van der Waals surface area (Å²) in [4.78, 5) is 18.3. The molecule has 4 aromatic rings. The molecule has 1 fully saturated rings. The van der Waals surface area contributed by atoms with Crippen LogP contribution in [0.3, 0.4) is 0 Å². The van der Waals surface area contributed by atoms with Crippen LogP contribution in [0.15, 0.2) is 67.0 Å². The van der Waals surface area contributed by atoms with Gasteiger partial charge < -0.3 is 9.47 Å². The largest absolute Gasteiger partial charge is 0.365 e. The third kappa shape index (κ3) is 3.54. The summed E-state index contributed by atoms with van der Waals surface area (Å²) in [5, 5.41) is 1.33. The van der Waals surface area contributed by atoms with Gasteiger partial charge in [0.2, 0.25) is 0 Å². The molecule has 1 aliphatic carbocycles. The predicted molar refractivity (Wildman–Crippen MR) is 134 cm³/mol. The molecule has 33 heavy (non-hydrogen) atoms. The highest BCUT2D eigenvalue weighted by atomic mass is 16.1. The topological polar surface area (TPSA) is 38.1 Å². The van der Waals surface area contributed by atoms with Crippen molar-refractivity contribution in [1.82, 2.24) is 9.55 Å². The minimum Gasteiger partial charge on any atom is -0.365 e. The van der Waals surface area contributed by atoms with Crippen LogP contribution in [0.4, 0.5) is 5.69 Å². The lowest BCUT2D eigenvalue weighted by Crippen LogP contribution is -2.25. The summed E-state index contributed by atoms with van der Waals surface area (Å²) in [7, 11) is 0. The van der Waals surface area contributed by atoms with Gasteiger partial charge in [-0.3, -0.25) is 9.78 Å². The molecule has 3 heterocycles. The summed E-state index contributed by atoms with van der Waals surface area (Å²) in [5.74, 6) is 0.583. The number of rotatable bonds is 4. The standard InChI is InChI=1S/C29H29N3O/c33-20-22-10-11-24-27(18-22)32-17-16-31(19-21-12-14-30-15-13-21)26-9-5-4-8-25(26)29(32)28(24)23-6-2-1-3-7-23/h4-5,8-15,18,20,23H,1-3,6-7,16-17,19H2. The average Bonchev–Trinajstić information content (AvgIpc) is 3.12. The number of pyridine rings is 1. The molecule has 2 aromatic carbocycles. The van der Waals surface area contributed by atoms with Crippen LogP contribution < -0.4 is 4.90 Å². The van der Waals surface area contributed by atoms with Crippen molar-refractivity contribution >= 4 is 22.9 Å². The van der Waals surface area contributed by atoms with Gasteiger partial charge in [0.25, 0.3) is 0 Å². The first-order valence-corrected chi connectivity index (χ1v) is 12.2. The number of anilines is 1. The molecule has 6 rings (SSSR count). The molecule has 0 atom stereocenters. The Morgan fingerprint density at radius 3 is 2.58 bits per heavy atom. The van der Waals surface area contributed by atoms with E-state index in [0.29, 0.717) is 5.92 Å². The smallest absolute Gasteiger partial charge is 0.150 e. The lowest BCUT2D eigenvalue weighted by atomic mass is 9.81. The second-order valence-electron chi connectivity index (χ2n) is 9.44. The normalized spacial score (nSPS) is 16.3. The molecule has 1 saturated carbocycles. The quantitative estimate of drug-likeness (QED) is 0.340. The van der Waals surface area contributed by atoms with Crippen LogP contribution >= 0.6 is 0 Å². The molecule has 1 aliphatic heterocycles. The van der Waals surface area contributed by atoms with Crippen LogP contribution in [0.5, 0.6) is 0 Å². The van der Waals surface area contributed by atoms with Crippen LogP contribution in [0.25, 0.3) is 22.2 Å². The number of para-hydroxylation sites is 1. The second-order valence-corrected chi connectivity index (χ2v) is 9.44. The number of nitrogens with zero attached hydrogens (tertiary/aromatic N) is 3. The first-order valence-electron chi connectivity index (χ1n) is 12.2. The first-order chi connectivity index (χ1) is 16.3. The summed E-state index contributed by atoms with van der Waals surface area (Å²) in [5.41, 5.74) is 8.71. The monoisotopic (exact) mass is 435 g/mol. The molecule has 0 unspecified atom stereocenters. The highest BCUT2D eigenvalue weighted by molar-refractivity contribution is 5.97. The number of carbonyl (C=O) groups is 1. The van der Waals surface area contributed by atoms with Gasteiger partial charge in [0.1, 0.15) is 6.29 Å². The Hall–Kier alpha value is -3.40. The molecule has 2 aliphatic rings. The summed E-state index contributed by atoms with van der Waals surface area (Å²) in [6.45, 7) is 2.69. The highest BCUT2D eigenvalue weighted by Gasteiger charge is 2.30. The Bertz CT molecular complexity index is 1300. The molecule has 4 nitrogen and oxygen atoms in total. The van der Waals surface area contributed by atoms with E-state index in [2.05, 4.69) is 63.0 Å². The summed E-state index contributed by atoms with van der Waals surface area (Å²) in [6.07, 6.45) is 11.2. The summed E-state index contributed by atoms with van der Waals surface area (Å²) in [6, 6.07) is 19.4. The van der Waals surface area contributed by atoms with E-state index in [1.165, 1.54) is 71.1 Å². The molecule has 0 saturated heterocycles. The van der Waals surface area contributed by atoms with Gasteiger partial charge in [-0.1, -0.05) is 49.6 Å². The van der Waals surface area contributed by atoms with Crippen molar-refractivity contribution in [3.8, 4) is 11.3 Å². The first kappa shape index (κ1) is 20.2. The highest BCUT2D eigenvalue weighted by Crippen LogP contribution is 2.47. The lowest BCUT2D eigenvalue weighted by Gasteiger charge is -2.26. The Labute approximate surface area is 194 Å². The van der Waals surface area contributed by atoms with Crippen LogP contribution in [0.1, 0.15) is 59.5 Å². The van der Waals surface area contributed by atoms with Crippen molar-refractivity contribution in [2.75, 3.05) is 11.4 Å². The van der Waals surface area contributed by atoms with Crippen molar-refractivity contribution in [3.63, 3.8) is 0 Å². The van der Waals surface area contributed by atoms with E-state index in [4.69, 9.17) is 0 Å². The molecule has 0 N–H and O–H groups in total. The molecule has 4 heteroatoms. The Morgan fingerprint density at radius 2 is 1.76 bits per heavy atom. The van der Waals surface area contributed by atoms with Gasteiger partial charge in [-0.2, -0.15) is 0 Å². The van der Waals surface area contributed by atoms with Gasteiger partial charge in [0.15, 0.2) is 0 Å². The zero-order valence-corrected chi connectivity index (χ0v) is 18.9. The maximum absolute atomic E-state index is 11.6. The van der Waals surface area contributed by atoms with Crippen LogP contribution in [-0.2, 0) is 13.1 Å². The predicted octanol–water partition coefficient (Wildman–Crippen LogP) is 6.58. The lowest BCUT2D eigenvalue weighted by molar-refractivity contribution is 0.112. The number of hydrogen-bond donors (Lipinski definition) is 0. The van der Waals surface area contributed by atoms with Gasteiger partial charge >= 0.3 is 0 Å². The fraction of sp³-hybridized carbons (Fsp3) is 0.310. The van der Waals surface area contributed by atoms with Crippen molar-refractivity contribution in [1.29, 1.82) is 0 Å². The van der Waals surface area contributed by atoms with Gasteiger partial charge in [0, 0.05) is 59.7 Å². The minimum absolute atomic E-state index is 0.583. The van der Waals surface area contributed by atoms with E-state index < -0.39 is 0 Å². The fourth-order valence-electron chi connectivity index (χ4n) is 5.96. The minimum atomic E-state index is 0.583. The van der Waals surface area contributed by atoms with Crippen molar-refractivity contribution < 1.29 is 4.79 Å². The van der Waals surface area contributed by atoms with Crippen molar-refractivity contribution in [2.24, 2.45) is 0 Å². The molecule has 0 spiro atoms. The number of aromatic nitrogens is 2. The SMILES string of the molecule is O=Cc1ccc2c(C3CCCCC3)c3n(c2c1)CCN(Cc1ccncc1)c1ccccc1-3. The third-order valence-corrected chi connectivity index (χ3v) is 7.49. The molecule has 0 bridgehead atoms. The van der Waals surface area contributed by atoms with E-state index >= 15 is 0 Å². The number of aldehydes is 1. The maximum atomic E-state index is 11.6. The molecule has 166 valence electrons. The molecule has 0 radical (unpaired) electrons. The zero-order chi connectivity index (χ0) is 22.2. The van der Waals surface area contributed by atoms with E-state index in [1.54, 1.807) is 0 Å². The number of fused-ring (bicyclic) bond motifs is 5. The van der Waals surface area contributed by atoms with E-state index in [1.807, 2.05) is 18.5 Å². The number of benzene rings is 2. The summed E-state index contributed by atoms with van der Waals surface area (Å²) < 4.78 is 2.50. The van der Waals surface area contributed by atoms with Crippen LogP contribution in [-0.4, -0.2) is 22.4 Å². The van der Waals surface area contributed by atoms with Gasteiger partial charge in [-0.25, -0.2) is 0 Å². The molecular weight excluding hydrogens is 406 g/mol. The van der Waals surface area contributed by atoms with E-state index in [-0.39, 0.29) is 0 Å². The fourth-order valence-corrected chi connectivity index (χ4v) is 5.96. The van der Waals surface area contributed by atoms with E-state index in [9.17, 15) is 4.79 Å². The van der Waals surface area contributed by atoms with Gasteiger partial charge in [-0.15, -0.1) is 0 Å². The van der Waals surface area contributed by atoms with Crippen LogP contribution in [0, 0.1) is 0 Å². The van der Waals surface area contributed by atoms with E-state index in [0.717, 1.165) is 31.5 Å². The van der Waals surface area contributed by atoms with Crippen molar-refractivity contribution in [2.45, 2.75) is 51.1 Å². The van der Waals surface area contributed by atoms with Gasteiger partial charge in [0.05, 0.1) is 5.69 Å². The molecule has 2 aromatic heterocycles. The molecular formula is C29H29N3O. The maximum Gasteiger partial charge on any atom is 0.150 e. The van der Waals surface area contributed by atoms with Crippen LogP contribution in [0.2, 0.25) is 0 Å². The third-order valence-electron chi connectivity index (χ3n) is 7.49. The number of hydrogen-bond acceptors (Lipinski definition) is 3. The summed E-state index contributed by atoms with van der Waals surface area (Å²) >= 11 is 0. The molecule has 0 amide bonds. The Morgan fingerprint density at radius 1 is 0.939 bits per heavy atom. The van der Waals surface area contributed by atoms with Crippen molar-refractivity contribution in [3.05, 3.63) is 83.7 Å². The Kier molecular flexibility index (Phi) is 5.21.